The van der Waals surface area contributed by atoms with E-state index in [1.807, 2.05) is 0 Å². The number of nitro benzene ring substituents is 1. The van der Waals surface area contributed by atoms with E-state index in [4.69, 9.17) is 9.47 Å². The average molecular weight is 494 g/mol. The first-order valence-electron chi connectivity index (χ1n) is 11.3. The molecule has 1 N–H and O–H groups in total. The minimum Gasteiger partial charge on any atom is -0.468 e. The summed E-state index contributed by atoms with van der Waals surface area (Å²) in [6, 6.07) is 13.2. The van der Waals surface area contributed by atoms with Crippen molar-refractivity contribution in [2.75, 3.05) is 13.7 Å². The molecular weight excluding hydrogens is 466 g/mol. The lowest BCUT2D eigenvalue weighted by Gasteiger charge is -2.32. The lowest BCUT2D eigenvalue weighted by molar-refractivity contribution is -0.384. The van der Waals surface area contributed by atoms with E-state index in [1.54, 1.807) is 57.2 Å². The van der Waals surface area contributed by atoms with Crippen molar-refractivity contribution in [2.24, 2.45) is 10.9 Å². The fourth-order valence-corrected chi connectivity index (χ4v) is 4.32. The van der Waals surface area contributed by atoms with Crippen LogP contribution in [0.4, 0.5) is 5.69 Å². The lowest BCUT2D eigenvalue weighted by Crippen LogP contribution is -2.41. The van der Waals surface area contributed by atoms with Crippen LogP contribution in [0.1, 0.15) is 43.9 Å². The Morgan fingerprint density at radius 1 is 1.11 bits per heavy atom. The first kappa shape index (κ1) is 26.3. The smallest absolute Gasteiger partial charge is 0.333 e. The number of nitrogens with one attached hydrogen (secondary N) is 1. The summed E-state index contributed by atoms with van der Waals surface area (Å²) in [6.07, 6.45) is 0. The zero-order valence-corrected chi connectivity index (χ0v) is 20.4. The fourth-order valence-electron chi connectivity index (χ4n) is 4.32. The molecule has 10 heteroatoms. The van der Waals surface area contributed by atoms with Crippen molar-refractivity contribution < 1.29 is 28.8 Å². The highest BCUT2D eigenvalue weighted by atomic mass is 16.6. The van der Waals surface area contributed by atoms with Gasteiger partial charge in [-0.3, -0.25) is 24.7 Å². The molecule has 3 unspecified atom stereocenters. The maximum Gasteiger partial charge on any atom is 0.333 e. The molecule has 1 amide bonds. The molecule has 0 saturated carbocycles. The zero-order valence-electron chi connectivity index (χ0n) is 20.4. The first-order valence-corrected chi connectivity index (χ1v) is 11.3. The number of non-ortho nitro benzene ring substituents is 1. The van der Waals surface area contributed by atoms with Crippen LogP contribution in [-0.4, -0.2) is 42.2 Å². The monoisotopic (exact) mass is 493 g/mol. The maximum atomic E-state index is 13.7. The summed E-state index contributed by atoms with van der Waals surface area (Å²) < 4.78 is 10.2. The molecule has 0 saturated heterocycles. The number of benzene rings is 2. The minimum absolute atomic E-state index is 0.0988. The number of rotatable bonds is 8. The van der Waals surface area contributed by atoms with Gasteiger partial charge in [0.05, 0.1) is 18.6 Å². The Labute approximate surface area is 208 Å². The van der Waals surface area contributed by atoms with Gasteiger partial charge in [0, 0.05) is 35.0 Å². The van der Waals surface area contributed by atoms with Crippen LogP contribution in [0.3, 0.4) is 0 Å². The van der Waals surface area contributed by atoms with E-state index in [9.17, 15) is 24.5 Å². The first-order chi connectivity index (χ1) is 17.2. The minimum atomic E-state index is -1.12. The Hall–Kier alpha value is -4.34. The van der Waals surface area contributed by atoms with E-state index in [2.05, 4.69) is 10.3 Å². The van der Waals surface area contributed by atoms with Crippen LogP contribution >= 0.6 is 0 Å². The molecule has 0 bridgehead atoms. The number of nitrogens with zero attached hydrogens (tertiary/aromatic N) is 2. The van der Waals surface area contributed by atoms with Crippen molar-refractivity contribution in [1.82, 2.24) is 5.32 Å². The number of hydrogen-bond acceptors (Lipinski definition) is 8. The van der Waals surface area contributed by atoms with Crippen molar-refractivity contribution in [2.45, 2.75) is 32.7 Å². The van der Waals surface area contributed by atoms with Gasteiger partial charge in [-0.05, 0) is 31.9 Å². The number of hydrogen-bond donors (Lipinski definition) is 1. The van der Waals surface area contributed by atoms with Crippen LogP contribution in [0.15, 0.2) is 70.9 Å². The molecule has 3 atom stereocenters. The van der Waals surface area contributed by atoms with Crippen LogP contribution in [-0.2, 0) is 23.9 Å². The largest absolute Gasteiger partial charge is 0.468 e. The van der Waals surface area contributed by atoms with Crippen LogP contribution < -0.4 is 5.32 Å². The average Bonchev–Trinajstić information content (AvgIpc) is 2.86. The summed E-state index contributed by atoms with van der Waals surface area (Å²) >= 11 is 0. The SMILES string of the molecule is CCOC(=O)C(NC(=O)C1=C(C)N=C(C)C(C(=O)OC)C1c1cccc([N+](=O)[O-])c1)c1ccccc1. The van der Waals surface area contributed by atoms with Crippen LogP contribution in [0, 0.1) is 16.0 Å². The quantitative estimate of drug-likeness (QED) is 0.337. The van der Waals surface area contributed by atoms with Gasteiger partial charge in [-0.25, -0.2) is 4.79 Å². The maximum absolute atomic E-state index is 13.7. The topological polar surface area (TPSA) is 137 Å². The number of nitro groups is 1. The Bertz CT molecular complexity index is 1240. The molecule has 36 heavy (non-hydrogen) atoms. The Morgan fingerprint density at radius 3 is 2.42 bits per heavy atom. The van der Waals surface area contributed by atoms with Gasteiger partial charge in [0.15, 0.2) is 6.04 Å². The molecule has 188 valence electrons. The molecule has 0 aliphatic carbocycles. The molecule has 0 spiro atoms. The van der Waals surface area contributed by atoms with Crippen molar-refractivity contribution in [3.8, 4) is 0 Å². The summed E-state index contributed by atoms with van der Waals surface area (Å²) in [7, 11) is 1.22. The highest BCUT2D eigenvalue weighted by molar-refractivity contribution is 6.08. The highest BCUT2D eigenvalue weighted by Gasteiger charge is 2.42. The van der Waals surface area contributed by atoms with Gasteiger partial charge in [0.25, 0.3) is 11.6 Å². The van der Waals surface area contributed by atoms with Gasteiger partial charge < -0.3 is 14.8 Å². The fraction of sp³-hybridized carbons (Fsp3) is 0.308. The van der Waals surface area contributed by atoms with Gasteiger partial charge in [-0.2, -0.15) is 0 Å². The third-order valence-corrected chi connectivity index (χ3v) is 5.90. The number of aliphatic imine (C=N–C) groups is 1. The third kappa shape index (κ3) is 5.48. The van der Waals surface area contributed by atoms with Gasteiger partial charge in [0.2, 0.25) is 0 Å². The number of ether oxygens (including phenoxy) is 2. The number of allylic oxidation sites excluding steroid dienone is 1. The van der Waals surface area contributed by atoms with Crippen molar-refractivity contribution in [3.05, 3.63) is 87.1 Å². The molecule has 2 aromatic rings. The molecular formula is C26H27N3O7. The van der Waals surface area contributed by atoms with E-state index >= 15 is 0 Å². The number of methoxy groups -OCH3 is 1. The second-order valence-electron chi connectivity index (χ2n) is 8.15. The normalized spacial score (nSPS) is 18.1. The number of amides is 1. The Morgan fingerprint density at radius 2 is 1.81 bits per heavy atom. The number of carbonyl (C=O) groups excluding carboxylic acids is 3. The molecule has 1 heterocycles. The van der Waals surface area contributed by atoms with Crippen molar-refractivity contribution >= 4 is 29.2 Å². The zero-order chi connectivity index (χ0) is 26.4. The molecule has 0 aromatic heterocycles. The lowest BCUT2D eigenvalue weighted by atomic mass is 9.75. The Balaban J connectivity index is 2.12. The van der Waals surface area contributed by atoms with Crippen LogP contribution in [0.5, 0.6) is 0 Å². The van der Waals surface area contributed by atoms with Crippen LogP contribution in [0.25, 0.3) is 0 Å². The number of carbonyl (C=O) groups is 3. The van der Waals surface area contributed by atoms with E-state index < -0.39 is 40.6 Å². The second kappa shape index (κ2) is 11.4. The predicted octanol–water partition coefficient (Wildman–Crippen LogP) is 3.64. The molecule has 3 rings (SSSR count). The molecule has 0 radical (unpaired) electrons. The van der Waals surface area contributed by atoms with Crippen molar-refractivity contribution in [3.63, 3.8) is 0 Å². The van der Waals surface area contributed by atoms with Gasteiger partial charge >= 0.3 is 11.9 Å². The van der Waals surface area contributed by atoms with E-state index in [0.717, 1.165) is 0 Å². The summed E-state index contributed by atoms with van der Waals surface area (Å²) in [5, 5.41) is 14.2. The van der Waals surface area contributed by atoms with Gasteiger partial charge in [0.1, 0.15) is 5.92 Å². The second-order valence-corrected chi connectivity index (χ2v) is 8.15. The summed E-state index contributed by atoms with van der Waals surface area (Å²) in [5.74, 6) is -3.89. The van der Waals surface area contributed by atoms with E-state index in [1.165, 1.54) is 25.3 Å². The standard InChI is InChI=1S/C26H27N3O7/c1-5-36-26(32)23(17-10-7-6-8-11-17)28-24(30)20-15(2)27-16(3)21(25(31)35-4)22(20)18-12-9-13-19(14-18)29(33)34/h6-14,21-23H,5H2,1-4H3,(H,28,30). The number of esters is 2. The van der Waals surface area contributed by atoms with Gasteiger partial charge in [-0.15, -0.1) is 0 Å². The van der Waals surface area contributed by atoms with E-state index in [0.29, 0.717) is 22.5 Å². The molecule has 1 aliphatic rings. The molecule has 1 aliphatic heterocycles. The molecule has 2 aromatic carbocycles. The summed E-state index contributed by atoms with van der Waals surface area (Å²) in [4.78, 5) is 54.6. The molecule has 0 fully saturated rings. The third-order valence-electron chi connectivity index (χ3n) is 5.90. The van der Waals surface area contributed by atoms with Crippen molar-refractivity contribution in [1.29, 1.82) is 0 Å². The van der Waals surface area contributed by atoms with Crippen LogP contribution in [0.2, 0.25) is 0 Å². The summed E-state index contributed by atoms with van der Waals surface area (Å²) in [5.41, 5.74) is 1.50. The Kier molecular flexibility index (Phi) is 8.31. The predicted molar refractivity (Wildman–Crippen MR) is 131 cm³/mol. The van der Waals surface area contributed by atoms with E-state index in [-0.39, 0.29) is 17.9 Å². The highest BCUT2D eigenvalue weighted by Crippen LogP contribution is 2.40. The van der Waals surface area contributed by atoms with Gasteiger partial charge in [-0.1, -0.05) is 42.5 Å². The summed E-state index contributed by atoms with van der Waals surface area (Å²) in [6.45, 7) is 5.02. The molecule has 10 nitrogen and oxygen atoms in total.